The molecule has 2 aromatic heterocycles. The minimum Gasteiger partial charge on any atom is -0.333 e. The minimum absolute atomic E-state index is 0.325. The van der Waals surface area contributed by atoms with Gasteiger partial charge in [-0.15, -0.1) is 0 Å². The van der Waals surface area contributed by atoms with Crippen molar-refractivity contribution in [3.8, 4) is 11.1 Å². The molecule has 0 atom stereocenters. The molecule has 0 aliphatic rings. The van der Waals surface area contributed by atoms with Crippen molar-refractivity contribution in [2.24, 2.45) is 0 Å². The topological polar surface area (TPSA) is 72.7 Å². The van der Waals surface area contributed by atoms with E-state index in [1.165, 1.54) is 14.7 Å². The number of imidazole rings is 1. The van der Waals surface area contributed by atoms with Crippen LogP contribution in [0.4, 0.5) is 0 Å². The summed E-state index contributed by atoms with van der Waals surface area (Å²) >= 11 is 0. The van der Waals surface area contributed by atoms with E-state index in [-0.39, 0.29) is 11.2 Å². The van der Waals surface area contributed by atoms with Gasteiger partial charge in [0, 0.05) is 13.1 Å². The number of aryl methyl sites for hydroxylation is 1. The number of H-pyrrole nitrogens is 1. The number of fused-ring (bicyclic) bond motifs is 1. The highest BCUT2D eigenvalue weighted by Gasteiger charge is 2.14. The van der Waals surface area contributed by atoms with Crippen molar-refractivity contribution in [3.63, 3.8) is 0 Å². The molecule has 0 unspecified atom stereocenters. The van der Waals surface area contributed by atoms with Gasteiger partial charge in [0.15, 0.2) is 5.65 Å². The van der Waals surface area contributed by atoms with Crippen molar-refractivity contribution >= 4 is 23.3 Å². The lowest BCUT2D eigenvalue weighted by atomic mass is 10.0. The third-order valence-corrected chi connectivity index (χ3v) is 4.96. The number of nitrogens with one attached hydrogen (secondary N) is 1. The van der Waals surface area contributed by atoms with Gasteiger partial charge in [-0.25, -0.2) is 9.78 Å². The Labute approximate surface area is 167 Å². The van der Waals surface area contributed by atoms with Gasteiger partial charge in [-0.05, 0) is 36.6 Å². The van der Waals surface area contributed by atoms with Crippen molar-refractivity contribution in [2.45, 2.75) is 26.9 Å². The van der Waals surface area contributed by atoms with Crippen molar-refractivity contribution in [1.82, 2.24) is 19.1 Å². The molecule has 0 saturated heterocycles. The highest BCUT2D eigenvalue weighted by Crippen LogP contribution is 2.20. The average molecular weight is 386 g/mol. The summed E-state index contributed by atoms with van der Waals surface area (Å²) in [6, 6.07) is 18.4. The Bertz CT molecular complexity index is 1290. The maximum atomic E-state index is 12.6. The summed E-state index contributed by atoms with van der Waals surface area (Å²) in [4.78, 5) is 32.5. The predicted octanol–water partition coefficient (Wildman–Crippen LogP) is 3.76. The molecule has 1 N–H and O–H groups in total. The largest absolute Gasteiger partial charge is 0.333 e. The molecule has 146 valence electrons. The molecule has 0 aliphatic carbocycles. The minimum atomic E-state index is -0.337. The SMILES string of the molecule is CCn1c(=O)c2[nH]c(C=Cc3ccc(-c4ccccc4)cc3)nc2n(CC)c1=O. The number of nitrogens with zero attached hydrogens (tertiary/aromatic N) is 3. The van der Waals surface area contributed by atoms with Crippen molar-refractivity contribution < 1.29 is 0 Å². The molecule has 0 aliphatic heterocycles. The monoisotopic (exact) mass is 386 g/mol. The fraction of sp³-hybridized carbons (Fsp3) is 0.174. The molecular weight excluding hydrogens is 364 g/mol. The van der Waals surface area contributed by atoms with Crippen LogP contribution in [0.3, 0.4) is 0 Å². The van der Waals surface area contributed by atoms with Gasteiger partial charge in [-0.3, -0.25) is 13.9 Å². The maximum absolute atomic E-state index is 12.6. The quantitative estimate of drug-likeness (QED) is 0.568. The number of hydrogen-bond donors (Lipinski definition) is 1. The van der Waals surface area contributed by atoms with E-state index in [0.717, 1.165) is 11.1 Å². The van der Waals surface area contributed by atoms with Crippen LogP contribution in [0.25, 0.3) is 34.4 Å². The summed E-state index contributed by atoms with van der Waals surface area (Å²) in [6.07, 6.45) is 3.75. The Morgan fingerprint density at radius 3 is 2.17 bits per heavy atom. The van der Waals surface area contributed by atoms with Crippen LogP contribution in [0.5, 0.6) is 0 Å². The second kappa shape index (κ2) is 7.75. The van der Waals surface area contributed by atoms with Gasteiger partial charge in [-0.2, -0.15) is 0 Å². The zero-order chi connectivity index (χ0) is 20.4. The molecule has 0 spiro atoms. The standard InChI is InChI=1S/C23H22N4O2/c1-3-26-21-20(22(28)27(4-2)23(26)29)24-19(25-21)15-12-16-10-13-18(14-11-16)17-8-6-5-7-9-17/h5-15H,3-4H2,1-2H3,(H,24,25). The Balaban J connectivity index is 1.68. The molecule has 2 heterocycles. The zero-order valence-corrected chi connectivity index (χ0v) is 16.4. The van der Waals surface area contributed by atoms with Crippen molar-refractivity contribution in [3.05, 3.63) is 86.8 Å². The first-order chi connectivity index (χ1) is 14.1. The first-order valence-corrected chi connectivity index (χ1v) is 9.69. The highest BCUT2D eigenvalue weighted by molar-refractivity contribution is 5.76. The maximum Gasteiger partial charge on any atom is 0.332 e. The van der Waals surface area contributed by atoms with E-state index in [1.807, 2.05) is 49.4 Å². The Kier molecular flexibility index (Phi) is 4.99. The molecule has 0 saturated carbocycles. The van der Waals surface area contributed by atoms with Gasteiger partial charge in [0.05, 0.1) is 0 Å². The van der Waals surface area contributed by atoms with E-state index < -0.39 is 0 Å². The molecule has 2 aromatic carbocycles. The van der Waals surface area contributed by atoms with Gasteiger partial charge >= 0.3 is 5.69 Å². The van der Waals surface area contributed by atoms with Gasteiger partial charge in [-0.1, -0.05) is 60.7 Å². The van der Waals surface area contributed by atoms with Gasteiger partial charge in [0.2, 0.25) is 0 Å². The summed E-state index contributed by atoms with van der Waals surface area (Å²) < 4.78 is 2.74. The lowest BCUT2D eigenvalue weighted by molar-refractivity contribution is 0.605. The van der Waals surface area contributed by atoms with Crippen LogP contribution in [0.2, 0.25) is 0 Å². The Morgan fingerprint density at radius 2 is 1.52 bits per heavy atom. The van der Waals surface area contributed by atoms with Crippen molar-refractivity contribution in [1.29, 1.82) is 0 Å². The third-order valence-electron chi connectivity index (χ3n) is 4.96. The number of hydrogen-bond acceptors (Lipinski definition) is 3. The first kappa shape index (κ1) is 18.7. The fourth-order valence-electron chi connectivity index (χ4n) is 3.42. The van der Waals surface area contributed by atoms with Crippen LogP contribution in [0.1, 0.15) is 25.2 Å². The van der Waals surface area contributed by atoms with Crippen LogP contribution < -0.4 is 11.2 Å². The average Bonchev–Trinajstić information content (AvgIpc) is 3.18. The lowest BCUT2D eigenvalue weighted by Gasteiger charge is -2.06. The molecule has 29 heavy (non-hydrogen) atoms. The summed E-state index contributed by atoms with van der Waals surface area (Å²) in [5.41, 5.74) is 3.42. The molecule has 6 heteroatoms. The summed E-state index contributed by atoms with van der Waals surface area (Å²) in [6.45, 7) is 4.42. The van der Waals surface area contributed by atoms with E-state index in [0.29, 0.717) is 30.1 Å². The van der Waals surface area contributed by atoms with E-state index in [2.05, 4.69) is 34.2 Å². The molecular formula is C23H22N4O2. The first-order valence-electron chi connectivity index (χ1n) is 9.69. The molecule has 0 bridgehead atoms. The lowest BCUT2D eigenvalue weighted by Crippen LogP contribution is -2.39. The van der Waals surface area contributed by atoms with Crippen LogP contribution in [-0.2, 0) is 13.1 Å². The number of rotatable bonds is 5. The van der Waals surface area contributed by atoms with Gasteiger partial charge < -0.3 is 4.98 Å². The molecule has 0 radical (unpaired) electrons. The number of aromatic amines is 1. The summed E-state index contributed by atoms with van der Waals surface area (Å²) in [5.74, 6) is 0.541. The van der Waals surface area contributed by atoms with Crippen LogP contribution in [0, 0.1) is 0 Å². The Hall–Kier alpha value is -3.67. The second-order valence-electron chi connectivity index (χ2n) is 6.72. The zero-order valence-electron chi connectivity index (χ0n) is 16.4. The highest BCUT2D eigenvalue weighted by atomic mass is 16.2. The molecule has 4 aromatic rings. The van der Waals surface area contributed by atoms with Crippen LogP contribution >= 0.6 is 0 Å². The normalized spacial score (nSPS) is 11.5. The fourth-order valence-corrected chi connectivity index (χ4v) is 3.42. The Morgan fingerprint density at radius 1 is 0.862 bits per heavy atom. The van der Waals surface area contributed by atoms with Gasteiger partial charge in [0.1, 0.15) is 11.3 Å². The molecule has 0 fully saturated rings. The summed E-state index contributed by atoms with van der Waals surface area (Å²) in [7, 11) is 0. The number of benzene rings is 2. The molecule has 6 nitrogen and oxygen atoms in total. The van der Waals surface area contributed by atoms with Crippen LogP contribution in [-0.4, -0.2) is 19.1 Å². The van der Waals surface area contributed by atoms with E-state index in [4.69, 9.17) is 0 Å². The van der Waals surface area contributed by atoms with E-state index in [9.17, 15) is 9.59 Å². The summed E-state index contributed by atoms with van der Waals surface area (Å²) in [5, 5.41) is 0. The van der Waals surface area contributed by atoms with Crippen molar-refractivity contribution in [2.75, 3.05) is 0 Å². The second-order valence-corrected chi connectivity index (χ2v) is 6.72. The van der Waals surface area contributed by atoms with Crippen LogP contribution in [0.15, 0.2) is 64.2 Å². The van der Waals surface area contributed by atoms with E-state index >= 15 is 0 Å². The smallest absolute Gasteiger partial charge is 0.332 e. The molecule has 0 amide bonds. The van der Waals surface area contributed by atoms with Gasteiger partial charge in [0.25, 0.3) is 5.56 Å². The number of aromatic nitrogens is 4. The predicted molar refractivity (Wildman–Crippen MR) is 117 cm³/mol. The van der Waals surface area contributed by atoms with E-state index in [1.54, 1.807) is 6.92 Å². The molecule has 4 rings (SSSR count). The third kappa shape index (κ3) is 3.45.